The molecule has 0 bridgehead atoms. The Kier molecular flexibility index (Phi) is 7.14. The van der Waals surface area contributed by atoms with Crippen LogP contribution in [-0.4, -0.2) is 23.6 Å². The molecule has 2 N–H and O–H groups in total. The molecule has 0 amide bonds. The highest BCUT2D eigenvalue weighted by Gasteiger charge is 1.97. The molecule has 0 saturated carbocycles. The highest BCUT2D eigenvalue weighted by atomic mass is 15.0. The van der Waals surface area contributed by atoms with Crippen molar-refractivity contribution in [3.8, 4) is 0 Å². The average molecular weight is 250 g/mol. The zero-order valence-corrected chi connectivity index (χ0v) is 11.9. The number of unbranched alkanes of at least 4 members (excludes halogenated alkanes) is 3. The Balaban J connectivity index is 2.06. The van der Waals surface area contributed by atoms with Gasteiger partial charge in [-0.25, -0.2) is 9.97 Å². The summed E-state index contributed by atoms with van der Waals surface area (Å²) < 4.78 is 0. The van der Waals surface area contributed by atoms with Crippen LogP contribution in [0.25, 0.3) is 0 Å². The van der Waals surface area contributed by atoms with E-state index in [1.807, 2.05) is 13.1 Å². The molecule has 0 atom stereocenters. The average Bonchev–Trinajstić information content (AvgIpc) is 2.37. The first-order valence-corrected chi connectivity index (χ1v) is 6.96. The van der Waals surface area contributed by atoms with Gasteiger partial charge in [-0.2, -0.15) is 0 Å². The number of aromatic nitrogens is 2. The van der Waals surface area contributed by atoms with Crippen LogP contribution in [0.3, 0.4) is 0 Å². The molecule has 102 valence electrons. The summed E-state index contributed by atoms with van der Waals surface area (Å²) in [6.45, 7) is 5.56. The normalized spacial score (nSPS) is 10.7. The molecule has 1 heterocycles. The minimum atomic E-state index is 0.837. The third kappa shape index (κ3) is 6.42. The van der Waals surface area contributed by atoms with Gasteiger partial charge in [0.25, 0.3) is 0 Å². The van der Waals surface area contributed by atoms with E-state index in [0.29, 0.717) is 0 Å². The molecule has 4 heteroatoms. The third-order valence-corrected chi connectivity index (χ3v) is 2.94. The van der Waals surface area contributed by atoms with E-state index >= 15 is 0 Å². The van der Waals surface area contributed by atoms with Crippen LogP contribution >= 0.6 is 0 Å². The van der Waals surface area contributed by atoms with Crippen molar-refractivity contribution < 1.29 is 0 Å². The number of rotatable bonds is 9. The Labute approximate surface area is 111 Å². The maximum atomic E-state index is 4.18. The predicted octanol–water partition coefficient (Wildman–Crippen LogP) is 3.54. The smallest absolute Gasteiger partial charge is 0.131 e. The van der Waals surface area contributed by atoms with E-state index in [4.69, 9.17) is 0 Å². The molecule has 1 aromatic heterocycles. The van der Waals surface area contributed by atoms with Gasteiger partial charge in [-0.3, -0.25) is 0 Å². The largest absolute Gasteiger partial charge is 0.373 e. The second-order valence-corrected chi connectivity index (χ2v) is 5.06. The van der Waals surface area contributed by atoms with Crippen molar-refractivity contribution >= 4 is 11.6 Å². The standard InChI is InChI=1S/C14H26N4/c1-12(2)8-6-4-5-7-9-16-14-10-13(15-3)17-11-18-14/h10-12H,4-9H2,1-3H3,(H2,15,16,17,18). The van der Waals surface area contributed by atoms with Gasteiger partial charge in [0.2, 0.25) is 0 Å². The van der Waals surface area contributed by atoms with Gasteiger partial charge in [-0.15, -0.1) is 0 Å². The Bertz CT molecular complexity index is 325. The first kappa shape index (κ1) is 14.7. The summed E-state index contributed by atoms with van der Waals surface area (Å²) in [6.07, 6.45) is 8.13. The van der Waals surface area contributed by atoms with Gasteiger partial charge in [-0.1, -0.05) is 39.5 Å². The minimum Gasteiger partial charge on any atom is -0.373 e. The quantitative estimate of drug-likeness (QED) is 0.658. The van der Waals surface area contributed by atoms with Crippen molar-refractivity contribution in [3.05, 3.63) is 12.4 Å². The number of hydrogen-bond donors (Lipinski definition) is 2. The van der Waals surface area contributed by atoms with Crippen LogP contribution in [0, 0.1) is 5.92 Å². The first-order chi connectivity index (χ1) is 8.72. The SMILES string of the molecule is CNc1cc(NCCCCCCC(C)C)ncn1. The van der Waals surface area contributed by atoms with Crippen LogP contribution < -0.4 is 10.6 Å². The number of anilines is 2. The minimum absolute atomic E-state index is 0.837. The van der Waals surface area contributed by atoms with Crippen molar-refractivity contribution in [2.24, 2.45) is 5.92 Å². The van der Waals surface area contributed by atoms with Crippen LogP contribution in [-0.2, 0) is 0 Å². The van der Waals surface area contributed by atoms with Crippen molar-refractivity contribution in [3.63, 3.8) is 0 Å². The fourth-order valence-corrected chi connectivity index (χ4v) is 1.84. The molecule has 0 aliphatic carbocycles. The third-order valence-electron chi connectivity index (χ3n) is 2.94. The highest BCUT2D eigenvalue weighted by molar-refractivity contribution is 5.45. The van der Waals surface area contributed by atoms with E-state index in [2.05, 4.69) is 34.4 Å². The summed E-state index contributed by atoms with van der Waals surface area (Å²) in [6, 6.07) is 1.93. The molecular formula is C14H26N4. The van der Waals surface area contributed by atoms with Crippen LogP contribution in [0.5, 0.6) is 0 Å². The summed E-state index contributed by atoms with van der Waals surface area (Å²) in [7, 11) is 1.86. The molecule has 0 aliphatic heterocycles. The molecule has 0 radical (unpaired) electrons. The maximum Gasteiger partial charge on any atom is 0.131 e. The Hall–Kier alpha value is -1.32. The summed E-state index contributed by atoms with van der Waals surface area (Å²) in [4.78, 5) is 8.26. The Morgan fingerprint density at radius 1 is 1.06 bits per heavy atom. The lowest BCUT2D eigenvalue weighted by Crippen LogP contribution is -2.04. The van der Waals surface area contributed by atoms with Gasteiger partial charge in [0, 0.05) is 19.7 Å². The molecule has 1 rings (SSSR count). The van der Waals surface area contributed by atoms with Crippen LogP contribution in [0.1, 0.15) is 46.0 Å². The lowest BCUT2D eigenvalue weighted by atomic mass is 10.0. The van der Waals surface area contributed by atoms with Crippen molar-refractivity contribution in [2.45, 2.75) is 46.0 Å². The molecule has 1 aromatic rings. The lowest BCUT2D eigenvalue weighted by Gasteiger charge is -2.07. The Morgan fingerprint density at radius 2 is 1.78 bits per heavy atom. The summed E-state index contributed by atoms with van der Waals surface area (Å²) in [5, 5.41) is 6.33. The summed E-state index contributed by atoms with van der Waals surface area (Å²) in [5.41, 5.74) is 0. The summed E-state index contributed by atoms with van der Waals surface area (Å²) >= 11 is 0. The monoisotopic (exact) mass is 250 g/mol. The van der Waals surface area contributed by atoms with Crippen molar-refractivity contribution in [1.82, 2.24) is 9.97 Å². The molecule has 0 unspecified atom stereocenters. The fourth-order valence-electron chi connectivity index (χ4n) is 1.84. The number of nitrogens with one attached hydrogen (secondary N) is 2. The van der Waals surface area contributed by atoms with Gasteiger partial charge >= 0.3 is 0 Å². The zero-order valence-electron chi connectivity index (χ0n) is 11.9. The highest BCUT2D eigenvalue weighted by Crippen LogP contribution is 2.10. The summed E-state index contributed by atoms with van der Waals surface area (Å²) in [5.74, 6) is 2.59. The topological polar surface area (TPSA) is 49.8 Å². The van der Waals surface area contributed by atoms with E-state index < -0.39 is 0 Å². The van der Waals surface area contributed by atoms with Crippen LogP contribution in [0.2, 0.25) is 0 Å². The lowest BCUT2D eigenvalue weighted by molar-refractivity contribution is 0.523. The molecule has 0 fully saturated rings. The van der Waals surface area contributed by atoms with Crippen molar-refractivity contribution in [2.75, 3.05) is 24.2 Å². The Morgan fingerprint density at radius 3 is 2.50 bits per heavy atom. The van der Waals surface area contributed by atoms with Gasteiger partial charge in [0.05, 0.1) is 0 Å². The second kappa shape index (κ2) is 8.72. The fraction of sp³-hybridized carbons (Fsp3) is 0.714. The van der Waals surface area contributed by atoms with Gasteiger partial charge in [-0.05, 0) is 12.3 Å². The van der Waals surface area contributed by atoms with Crippen LogP contribution in [0.4, 0.5) is 11.6 Å². The molecular weight excluding hydrogens is 224 g/mol. The molecule has 4 nitrogen and oxygen atoms in total. The number of nitrogens with zero attached hydrogens (tertiary/aromatic N) is 2. The van der Waals surface area contributed by atoms with Gasteiger partial charge in [0.1, 0.15) is 18.0 Å². The van der Waals surface area contributed by atoms with E-state index in [1.54, 1.807) is 6.33 Å². The second-order valence-electron chi connectivity index (χ2n) is 5.06. The molecule has 0 aliphatic rings. The number of hydrogen-bond acceptors (Lipinski definition) is 4. The van der Waals surface area contributed by atoms with E-state index in [1.165, 1.54) is 32.1 Å². The van der Waals surface area contributed by atoms with E-state index in [-0.39, 0.29) is 0 Å². The van der Waals surface area contributed by atoms with E-state index in [9.17, 15) is 0 Å². The maximum absolute atomic E-state index is 4.18. The molecule has 18 heavy (non-hydrogen) atoms. The van der Waals surface area contributed by atoms with Gasteiger partial charge in [0.15, 0.2) is 0 Å². The van der Waals surface area contributed by atoms with Crippen LogP contribution in [0.15, 0.2) is 12.4 Å². The molecule has 0 aromatic carbocycles. The van der Waals surface area contributed by atoms with E-state index in [0.717, 1.165) is 24.1 Å². The zero-order chi connectivity index (χ0) is 13.2. The predicted molar refractivity (Wildman–Crippen MR) is 78.0 cm³/mol. The molecule has 0 spiro atoms. The molecule has 0 saturated heterocycles. The van der Waals surface area contributed by atoms with Gasteiger partial charge < -0.3 is 10.6 Å². The first-order valence-electron chi connectivity index (χ1n) is 6.96. The van der Waals surface area contributed by atoms with Crippen molar-refractivity contribution in [1.29, 1.82) is 0 Å².